The number of halogens is 1. The molecule has 0 fully saturated rings. The van der Waals surface area contributed by atoms with E-state index in [1.807, 2.05) is 24.3 Å². The summed E-state index contributed by atoms with van der Waals surface area (Å²) in [5, 5.41) is 2.83. The molecule has 0 saturated heterocycles. The average Bonchev–Trinajstić information content (AvgIpc) is 2.49. The van der Waals surface area contributed by atoms with Crippen molar-refractivity contribution in [2.24, 2.45) is 0 Å². The third-order valence-corrected chi connectivity index (χ3v) is 3.70. The lowest BCUT2D eigenvalue weighted by Crippen LogP contribution is -2.28. The molecule has 1 atom stereocenters. The largest absolute Gasteiger partial charge is 0.363 e. The molecule has 0 spiro atoms. The molecule has 1 unspecified atom stereocenters. The smallest absolute Gasteiger partial charge is 0.258 e. The van der Waals surface area contributed by atoms with Crippen LogP contribution in [0, 0.1) is 0 Å². The summed E-state index contributed by atoms with van der Waals surface area (Å²) in [5.74, 6) is -0.165. The standard InChI is InChI=1S/C15H13BrN2O2/c16-13-6-5-11(9-17-13)18-15(19)14-12-4-2-1-3-10(12)7-8-20-14/h1-6,9,14H,7-8H2,(H,18,19). The Bertz CT molecular complexity index is 628. The highest BCUT2D eigenvalue weighted by atomic mass is 79.9. The van der Waals surface area contributed by atoms with Crippen molar-refractivity contribution in [1.82, 2.24) is 4.98 Å². The van der Waals surface area contributed by atoms with Crippen LogP contribution >= 0.6 is 15.9 Å². The van der Waals surface area contributed by atoms with Crippen LogP contribution in [-0.2, 0) is 16.0 Å². The third kappa shape index (κ3) is 2.73. The van der Waals surface area contributed by atoms with E-state index in [2.05, 4.69) is 26.2 Å². The Morgan fingerprint density at radius 3 is 2.95 bits per heavy atom. The molecular weight excluding hydrogens is 320 g/mol. The van der Waals surface area contributed by atoms with Crippen LogP contribution in [0.3, 0.4) is 0 Å². The fraction of sp³-hybridized carbons (Fsp3) is 0.200. The molecule has 0 radical (unpaired) electrons. The molecule has 102 valence electrons. The van der Waals surface area contributed by atoms with Crippen molar-refractivity contribution >= 4 is 27.5 Å². The molecule has 0 bridgehead atoms. The van der Waals surface area contributed by atoms with Crippen LogP contribution in [0.1, 0.15) is 17.2 Å². The number of hydrogen-bond donors (Lipinski definition) is 1. The summed E-state index contributed by atoms with van der Waals surface area (Å²) >= 11 is 3.26. The molecule has 2 aromatic rings. The zero-order valence-electron chi connectivity index (χ0n) is 10.7. The summed E-state index contributed by atoms with van der Waals surface area (Å²) in [6.45, 7) is 0.563. The number of carbonyl (C=O) groups is 1. The van der Waals surface area contributed by atoms with Gasteiger partial charge in [0.25, 0.3) is 5.91 Å². The first-order valence-electron chi connectivity index (χ1n) is 6.36. The number of nitrogens with zero attached hydrogens (tertiary/aromatic N) is 1. The highest BCUT2D eigenvalue weighted by molar-refractivity contribution is 9.10. The van der Waals surface area contributed by atoms with Crippen LogP contribution in [0.4, 0.5) is 5.69 Å². The van der Waals surface area contributed by atoms with Crippen LogP contribution in [0.2, 0.25) is 0 Å². The summed E-state index contributed by atoms with van der Waals surface area (Å²) in [6, 6.07) is 11.5. The average molecular weight is 333 g/mol. The molecule has 1 aromatic heterocycles. The van der Waals surface area contributed by atoms with E-state index in [9.17, 15) is 4.79 Å². The van der Waals surface area contributed by atoms with Crippen molar-refractivity contribution in [3.8, 4) is 0 Å². The van der Waals surface area contributed by atoms with Gasteiger partial charge in [-0.1, -0.05) is 24.3 Å². The van der Waals surface area contributed by atoms with Gasteiger partial charge in [0.05, 0.1) is 18.5 Å². The van der Waals surface area contributed by atoms with Crippen molar-refractivity contribution in [3.05, 3.63) is 58.3 Å². The number of hydrogen-bond acceptors (Lipinski definition) is 3. The van der Waals surface area contributed by atoms with E-state index in [1.54, 1.807) is 18.3 Å². The lowest BCUT2D eigenvalue weighted by atomic mass is 9.97. The number of ether oxygens (including phenoxy) is 1. The second-order valence-corrected chi connectivity index (χ2v) is 5.37. The molecule has 4 nitrogen and oxygen atoms in total. The zero-order chi connectivity index (χ0) is 13.9. The van der Waals surface area contributed by atoms with Gasteiger partial charge in [0.1, 0.15) is 4.60 Å². The summed E-state index contributed by atoms with van der Waals surface area (Å²) in [4.78, 5) is 16.4. The topological polar surface area (TPSA) is 51.2 Å². The lowest BCUT2D eigenvalue weighted by molar-refractivity contribution is -0.128. The van der Waals surface area contributed by atoms with Gasteiger partial charge in [0.2, 0.25) is 0 Å². The van der Waals surface area contributed by atoms with E-state index < -0.39 is 6.10 Å². The van der Waals surface area contributed by atoms with Crippen LogP contribution in [-0.4, -0.2) is 17.5 Å². The molecule has 1 aliphatic heterocycles. The van der Waals surface area contributed by atoms with Gasteiger partial charge in [0.15, 0.2) is 6.10 Å². The highest BCUT2D eigenvalue weighted by Crippen LogP contribution is 2.28. The minimum absolute atomic E-state index is 0.165. The number of aromatic nitrogens is 1. The third-order valence-electron chi connectivity index (χ3n) is 3.23. The van der Waals surface area contributed by atoms with Crippen LogP contribution in [0.15, 0.2) is 47.2 Å². The second kappa shape index (κ2) is 5.73. The first-order valence-corrected chi connectivity index (χ1v) is 7.15. The molecule has 0 aliphatic carbocycles. The van der Waals surface area contributed by atoms with Crippen molar-refractivity contribution < 1.29 is 9.53 Å². The minimum atomic E-state index is -0.552. The van der Waals surface area contributed by atoms with E-state index >= 15 is 0 Å². The van der Waals surface area contributed by atoms with Gasteiger partial charge in [-0.15, -0.1) is 0 Å². The number of anilines is 1. The van der Waals surface area contributed by atoms with Gasteiger partial charge >= 0.3 is 0 Å². The summed E-state index contributed by atoms with van der Waals surface area (Å²) in [7, 11) is 0. The first kappa shape index (κ1) is 13.3. The number of carbonyl (C=O) groups excluding carboxylic acids is 1. The molecule has 2 heterocycles. The van der Waals surface area contributed by atoms with Crippen LogP contribution in [0.5, 0.6) is 0 Å². The molecule has 20 heavy (non-hydrogen) atoms. The Hall–Kier alpha value is -1.72. The SMILES string of the molecule is O=C(Nc1ccc(Br)nc1)C1OCCc2ccccc21. The maximum absolute atomic E-state index is 12.3. The van der Waals surface area contributed by atoms with Gasteiger partial charge in [-0.2, -0.15) is 0 Å². The summed E-state index contributed by atoms with van der Waals surface area (Å²) < 4.78 is 6.35. The lowest BCUT2D eigenvalue weighted by Gasteiger charge is -2.25. The summed E-state index contributed by atoms with van der Waals surface area (Å²) in [6.07, 6.45) is 1.90. The van der Waals surface area contributed by atoms with E-state index in [1.165, 1.54) is 5.56 Å². The van der Waals surface area contributed by atoms with Crippen molar-refractivity contribution in [1.29, 1.82) is 0 Å². The number of fused-ring (bicyclic) bond motifs is 1. The molecule has 1 N–H and O–H groups in total. The Kier molecular flexibility index (Phi) is 3.80. The number of rotatable bonds is 2. The maximum Gasteiger partial charge on any atom is 0.258 e. The summed E-state index contributed by atoms with van der Waals surface area (Å²) in [5.41, 5.74) is 2.78. The zero-order valence-corrected chi connectivity index (χ0v) is 12.3. The van der Waals surface area contributed by atoms with Crippen molar-refractivity contribution in [2.75, 3.05) is 11.9 Å². The Labute approximate surface area is 125 Å². The normalized spacial score (nSPS) is 17.4. The molecule has 0 saturated carbocycles. The second-order valence-electron chi connectivity index (χ2n) is 4.56. The predicted molar refractivity (Wildman–Crippen MR) is 79.4 cm³/mol. The minimum Gasteiger partial charge on any atom is -0.363 e. The van der Waals surface area contributed by atoms with Crippen molar-refractivity contribution in [2.45, 2.75) is 12.5 Å². The Morgan fingerprint density at radius 2 is 2.15 bits per heavy atom. The van der Waals surface area contributed by atoms with Crippen molar-refractivity contribution in [3.63, 3.8) is 0 Å². The quantitative estimate of drug-likeness (QED) is 0.860. The number of amides is 1. The fourth-order valence-electron chi connectivity index (χ4n) is 2.27. The molecule has 1 aliphatic rings. The molecule has 1 aromatic carbocycles. The monoisotopic (exact) mass is 332 g/mol. The Morgan fingerprint density at radius 1 is 1.30 bits per heavy atom. The van der Waals surface area contributed by atoms with Crippen LogP contribution in [0.25, 0.3) is 0 Å². The fourth-order valence-corrected chi connectivity index (χ4v) is 2.50. The predicted octanol–water partition coefficient (Wildman–Crippen LogP) is 3.10. The first-order chi connectivity index (χ1) is 9.74. The molecular formula is C15H13BrN2O2. The highest BCUT2D eigenvalue weighted by Gasteiger charge is 2.27. The van der Waals surface area contributed by atoms with Gasteiger partial charge in [0, 0.05) is 0 Å². The number of nitrogens with one attached hydrogen (secondary N) is 1. The Balaban J connectivity index is 1.80. The number of pyridine rings is 1. The van der Waals surface area contributed by atoms with E-state index in [4.69, 9.17) is 4.74 Å². The maximum atomic E-state index is 12.3. The van der Waals surface area contributed by atoms with E-state index in [0.29, 0.717) is 12.3 Å². The van der Waals surface area contributed by atoms with Gasteiger partial charge in [-0.25, -0.2) is 4.98 Å². The van der Waals surface area contributed by atoms with Gasteiger partial charge < -0.3 is 10.1 Å². The van der Waals surface area contributed by atoms with E-state index in [0.717, 1.165) is 16.6 Å². The van der Waals surface area contributed by atoms with Gasteiger partial charge in [-0.3, -0.25) is 4.79 Å². The van der Waals surface area contributed by atoms with Crippen LogP contribution < -0.4 is 5.32 Å². The molecule has 3 rings (SSSR count). The molecule has 1 amide bonds. The number of benzene rings is 1. The van der Waals surface area contributed by atoms with E-state index in [-0.39, 0.29) is 5.91 Å². The molecule has 5 heteroatoms. The van der Waals surface area contributed by atoms with Gasteiger partial charge in [-0.05, 0) is 45.6 Å².